The molecule has 0 saturated heterocycles. The molecule has 0 unspecified atom stereocenters. The van der Waals surface area contributed by atoms with Crippen LogP contribution in [0.1, 0.15) is 24.0 Å². The number of nitrogens with zero attached hydrogens (tertiary/aromatic N) is 3. The van der Waals surface area contributed by atoms with E-state index in [9.17, 15) is 0 Å². The first-order chi connectivity index (χ1) is 10.3. The molecule has 0 radical (unpaired) electrons. The Labute approximate surface area is 128 Å². The van der Waals surface area contributed by atoms with E-state index in [0.717, 1.165) is 42.3 Å². The van der Waals surface area contributed by atoms with E-state index in [1.165, 1.54) is 11.1 Å². The van der Waals surface area contributed by atoms with Crippen LogP contribution in [-0.2, 0) is 13.0 Å². The molecule has 2 aromatic heterocycles. The number of para-hydroxylation sites is 1. The Morgan fingerprint density at radius 1 is 1.24 bits per heavy atom. The lowest BCUT2D eigenvalue weighted by Crippen LogP contribution is -2.17. The zero-order chi connectivity index (χ0) is 14.5. The molecule has 2 heterocycles. The second-order valence-electron chi connectivity index (χ2n) is 5.11. The molecule has 4 nitrogen and oxygen atoms in total. The van der Waals surface area contributed by atoms with Gasteiger partial charge in [0.25, 0.3) is 0 Å². The maximum atomic E-state index is 4.66. The van der Waals surface area contributed by atoms with Gasteiger partial charge >= 0.3 is 0 Å². The van der Waals surface area contributed by atoms with Gasteiger partial charge in [0, 0.05) is 19.2 Å². The minimum atomic E-state index is 0.800. The standard InChI is InChI=1S/C16H20N4S/c1-2-8-17-9-7-13-10-20(12-18-13)11-16-19-14-5-3-4-6-15(14)21-16/h3-6,10,12,17H,2,7-9,11H2,1H3. The molecule has 0 atom stereocenters. The molecule has 0 bridgehead atoms. The summed E-state index contributed by atoms with van der Waals surface area (Å²) in [5.74, 6) is 0. The lowest BCUT2D eigenvalue weighted by atomic mass is 10.3. The van der Waals surface area contributed by atoms with Crippen molar-refractivity contribution in [2.75, 3.05) is 13.1 Å². The van der Waals surface area contributed by atoms with E-state index in [1.54, 1.807) is 11.3 Å². The zero-order valence-corrected chi connectivity index (χ0v) is 13.1. The molecule has 0 amide bonds. The topological polar surface area (TPSA) is 42.7 Å². The summed E-state index contributed by atoms with van der Waals surface area (Å²) in [5.41, 5.74) is 2.22. The van der Waals surface area contributed by atoms with Crippen LogP contribution in [0, 0.1) is 0 Å². The summed E-state index contributed by atoms with van der Waals surface area (Å²) in [7, 11) is 0. The molecule has 0 spiro atoms. The number of hydrogen-bond donors (Lipinski definition) is 1. The van der Waals surface area contributed by atoms with Gasteiger partial charge in [0.05, 0.1) is 28.8 Å². The SMILES string of the molecule is CCCNCCc1cn(Cc2nc3ccccc3s2)cn1. The molecule has 1 aromatic carbocycles. The molecular formula is C16H20N4S. The van der Waals surface area contributed by atoms with Crippen molar-refractivity contribution in [3.8, 4) is 0 Å². The highest BCUT2D eigenvalue weighted by Crippen LogP contribution is 2.22. The molecule has 0 fully saturated rings. The van der Waals surface area contributed by atoms with Crippen molar-refractivity contribution in [3.63, 3.8) is 0 Å². The van der Waals surface area contributed by atoms with Gasteiger partial charge in [-0.15, -0.1) is 11.3 Å². The Bertz CT molecular complexity index is 668. The van der Waals surface area contributed by atoms with Crippen LogP contribution in [0.15, 0.2) is 36.8 Å². The smallest absolute Gasteiger partial charge is 0.114 e. The third kappa shape index (κ3) is 3.68. The number of rotatable bonds is 7. The molecule has 0 aliphatic carbocycles. The van der Waals surface area contributed by atoms with Gasteiger partial charge in [-0.3, -0.25) is 0 Å². The number of imidazole rings is 1. The van der Waals surface area contributed by atoms with Gasteiger partial charge < -0.3 is 9.88 Å². The van der Waals surface area contributed by atoms with Crippen LogP contribution in [0.4, 0.5) is 0 Å². The Kier molecular flexibility index (Phi) is 4.62. The lowest BCUT2D eigenvalue weighted by molar-refractivity contribution is 0.666. The van der Waals surface area contributed by atoms with Crippen molar-refractivity contribution in [3.05, 3.63) is 47.5 Å². The second kappa shape index (κ2) is 6.83. The predicted octanol–water partition coefficient (Wildman–Crippen LogP) is 3.08. The van der Waals surface area contributed by atoms with Crippen molar-refractivity contribution in [2.24, 2.45) is 0 Å². The molecule has 5 heteroatoms. The molecule has 0 saturated carbocycles. The van der Waals surface area contributed by atoms with E-state index in [4.69, 9.17) is 0 Å². The number of benzene rings is 1. The van der Waals surface area contributed by atoms with Crippen molar-refractivity contribution < 1.29 is 0 Å². The average molecular weight is 300 g/mol. The highest BCUT2D eigenvalue weighted by molar-refractivity contribution is 7.18. The fourth-order valence-electron chi connectivity index (χ4n) is 2.28. The third-order valence-corrected chi connectivity index (χ3v) is 4.35. The summed E-state index contributed by atoms with van der Waals surface area (Å²) in [6.07, 6.45) is 6.18. The van der Waals surface area contributed by atoms with Crippen LogP contribution >= 0.6 is 11.3 Å². The molecule has 0 aliphatic heterocycles. The van der Waals surface area contributed by atoms with E-state index in [1.807, 2.05) is 12.4 Å². The molecule has 21 heavy (non-hydrogen) atoms. The average Bonchev–Trinajstić information content (AvgIpc) is 3.10. The predicted molar refractivity (Wildman–Crippen MR) is 87.8 cm³/mol. The van der Waals surface area contributed by atoms with Crippen LogP contribution in [-0.4, -0.2) is 27.6 Å². The molecule has 1 N–H and O–H groups in total. The summed E-state index contributed by atoms with van der Waals surface area (Å²) in [6, 6.07) is 8.27. The molecule has 3 rings (SSSR count). The van der Waals surface area contributed by atoms with Gasteiger partial charge in [-0.1, -0.05) is 19.1 Å². The third-order valence-electron chi connectivity index (χ3n) is 3.33. The summed E-state index contributed by atoms with van der Waals surface area (Å²) in [4.78, 5) is 9.13. The first kappa shape index (κ1) is 14.2. The highest BCUT2D eigenvalue weighted by Gasteiger charge is 2.05. The largest absolute Gasteiger partial charge is 0.330 e. The zero-order valence-electron chi connectivity index (χ0n) is 12.2. The van der Waals surface area contributed by atoms with Crippen LogP contribution < -0.4 is 5.32 Å². The quantitative estimate of drug-likeness (QED) is 0.682. The van der Waals surface area contributed by atoms with Gasteiger partial charge in [-0.2, -0.15) is 0 Å². The minimum absolute atomic E-state index is 0.800. The number of thiazole rings is 1. The Hall–Kier alpha value is -1.72. The van der Waals surface area contributed by atoms with E-state index in [-0.39, 0.29) is 0 Å². The number of aromatic nitrogens is 3. The van der Waals surface area contributed by atoms with Gasteiger partial charge in [-0.05, 0) is 25.1 Å². The number of nitrogens with one attached hydrogen (secondary N) is 1. The summed E-state index contributed by atoms with van der Waals surface area (Å²) in [5, 5.41) is 4.53. The first-order valence-electron chi connectivity index (χ1n) is 7.41. The van der Waals surface area contributed by atoms with Gasteiger partial charge in [0.15, 0.2) is 0 Å². The van der Waals surface area contributed by atoms with E-state index in [0.29, 0.717) is 0 Å². The van der Waals surface area contributed by atoms with Gasteiger partial charge in [0.2, 0.25) is 0 Å². The Balaban J connectivity index is 1.61. The van der Waals surface area contributed by atoms with E-state index < -0.39 is 0 Å². The van der Waals surface area contributed by atoms with Crippen molar-refractivity contribution in [1.29, 1.82) is 0 Å². The monoisotopic (exact) mass is 300 g/mol. The highest BCUT2D eigenvalue weighted by atomic mass is 32.1. The van der Waals surface area contributed by atoms with Crippen LogP contribution in [0.3, 0.4) is 0 Å². The van der Waals surface area contributed by atoms with Crippen molar-refractivity contribution in [2.45, 2.75) is 26.3 Å². The molecule has 3 aromatic rings. The Morgan fingerprint density at radius 3 is 3.00 bits per heavy atom. The Morgan fingerprint density at radius 2 is 2.14 bits per heavy atom. The second-order valence-corrected chi connectivity index (χ2v) is 6.23. The van der Waals surface area contributed by atoms with Crippen LogP contribution in [0.2, 0.25) is 0 Å². The number of hydrogen-bond acceptors (Lipinski definition) is 4. The maximum Gasteiger partial charge on any atom is 0.114 e. The summed E-state index contributed by atoms with van der Waals surface area (Å²) in [6.45, 7) is 5.05. The van der Waals surface area contributed by atoms with Crippen LogP contribution in [0.25, 0.3) is 10.2 Å². The maximum absolute atomic E-state index is 4.66. The van der Waals surface area contributed by atoms with Crippen LogP contribution in [0.5, 0.6) is 0 Å². The van der Waals surface area contributed by atoms with Gasteiger partial charge in [-0.25, -0.2) is 9.97 Å². The fourth-order valence-corrected chi connectivity index (χ4v) is 3.26. The summed E-state index contributed by atoms with van der Waals surface area (Å²) < 4.78 is 3.36. The normalized spacial score (nSPS) is 11.3. The van der Waals surface area contributed by atoms with Gasteiger partial charge in [0.1, 0.15) is 5.01 Å². The van der Waals surface area contributed by atoms with Crippen molar-refractivity contribution in [1.82, 2.24) is 19.9 Å². The minimum Gasteiger partial charge on any atom is -0.330 e. The molecule has 110 valence electrons. The number of fused-ring (bicyclic) bond motifs is 1. The van der Waals surface area contributed by atoms with Crippen molar-refractivity contribution >= 4 is 21.6 Å². The van der Waals surface area contributed by atoms with E-state index >= 15 is 0 Å². The lowest BCUT2D eigenvalue weighted by Gasteiger charge is -2.00. The molecular weight excluding hydrogens is 280 g/mol. The molecule has 0 aliphatic rings. The fraction of sp³-hybridized carbons (Fsp3) is 0.375. The van der Waals surface area contributed by atoms with E-state index in [2.05, 4.69) is 51.2 Å². The summed E-state index contributed by atoms with van der Waals surface area (Å²) >= 11 is 1.75. The first-order valence-corrected chi connectivity index (χ1v) is 8.22.